The van der Waals surface area contributed by atoms with Gasteiger partial charge in [-0.2, -0.15) is 5.10 Å². The van der Waals surface area contributed by atoms with Crippen molar-refractivity contribution in [1.29, 1.82) is 0 Å². The molecule has 7 nitrogen and oxygen atoms in total. The number of hydrogen-bond acceptors (Lipinski definition) is 5. The van der Waals surface area contributed by atoms with Crippen LogP contribution in [0.3, 0.4) is 0 Å². The summed E-state index contributed by atoms with van der Waals surface area (Å²) in [6.45, 7) is 0.757. The lowest BCUT2D eigenvalue weighted by Gasteiger charge is -2.36. The molecule has 3 fully saturated rings. The number of benzene rings is 1. The van der Waals surface area contributed by atoms with E-state index in [1.807, 2.05) is 31.4 Å². The average molecular weight is 542 g/mol. The number of amides is 1. The molecule has 0 bridgehead atoms. The van der Waals surface area contributed by atoms with E-state index in [4.69, 9.17) is 0 Å². The molecule has 1 N–H and O–H groups in total. The Kier molecular flexibility index (Phi) is 7.92. The molecule has 2 heterocycles. The van der Waals surface area contributed by atoms with Crippen LogP contribution in [0, 0.1) is 11.8 Å². The van der Waals surface area contributed by atoms with Gasteiger partial charge >= 0.3 is 0 Å². The highest BCUT2D eigenvalue weighted by molar-refractivity contribution is 5.95. The maximum atomic E-state index is 14.0. The molecule has 0 spiro atoms. The minimum Gasteiger partial charge on any atom is -0.393 e. The van der Waals surface area contributed by atoms with Gasteiger partial charge in [0.1, 0.15) is 5.82 Å². The molecule has 2 aromatic heterocycles. The minimum atomic E-state index is -0.264. The van der Waals surface area contributed by atoms with Crippen LogP contribution in [0.1, 0.15) is 81.7 Å². The Morgan fingerprint density at radius 1 is 0.925 bits per heavy atom. The summed E-state index contributed by atoms with van der Waals surface area (Å²) in [5.74, 6) is 2.22. The summed E-state index contributed by atoms with van der Waals surface area (Å²) >= 11 is 0. The zero-order chi connectivity index (χ0) is 27.6. The summed E-state index contributed by atoms with van der Waals surface area (Å²) in [5, 5.41) is 14.6. The fourth-order valence-corrected chi connectivity index (χ4v) is 6.59. The first-order valence-corrected chi connectivity index (χ1v) is 15.2. The van der Waals surface area contributed by atoms with Crippen molar-refractivity contribution in [2.45, 2.75) is 82.3 Å². The predicted molar refractivity (Wildman–Crippen MR) is 160 cm³/mol. The Balaban J connectivity index is 1.18. The van der Waals surface area contributed by atoms with Crippen molar-refractivity contribution in [2.24, 2.45) is 11.8 Å². The van der Waals surface area contributed by atoms with Gasteiger partial charge in [-0.05, 0) is 105 Å². The summed E-state index contributed by atoms with van der Waals surface area (Å²) in [4.78, 5) is 22.8. The Hall–Kier alpha value is -3.19. The number of nitrogens with zero attached hydrogens (tertiary/aromatic N) is 5. The van der Waals surface area contributed by atoms with Crippen molar-refractivity contribution in [3.63, 3.8) is 0 Å². The number of aliphatic hydroxyl groups is 1. The number of aromatic nitrogens is 3. The Bertz CT molecular complexity index is 1280. The van der Waals surface area contributed by atoms with Crippen LogP contribution in [0.25, 0.3) is 11.1 Å². The highest BCUT2D eigenvalue weighted by atomic mass is 16.3. The van der Waals surface area contributed by atoms with Gasteiger partial charge in [0.2, 0.25) is 5.91 Å². The maximum Gasteiger partial charge on any atom is 0.230 e. The van der Waals surface area contributed by atoms with E-state index in [-0.39, 0.29) is 17.9 Å². The second-order valence-electron chi connectivity index (χ2n) is 12.5. The molecule has 3 saturated carbocycles. The molecule has 3 aliphatic carbocycles. The van der Waals surface area contributed by atoms with Gasteiger partial charge in [-0.15, -0.1) is 0 Å². The van der Waals surface area contributed by atoms with E-state index in [9.17, 15) is 9.90 Å². The van der Waals surface area contributed by atoms with Gasteiger partial charge in [-0.25, -0.2) is 4.98 Å². The van der Waals surface area contributed by atoms with E-state index >= 15 is 0 Å². The van der Waals surface area contributed by atoms with E-state index in [2.05, 4.69) is 62.3 Å². The van der Waals surface area contributed by atoms with Gasteiger partial charge < -0.3 is 14.9 Å². The molecule has 7 heteroatoms. The molecule has 3 aliphatic rings. The third kappa shape index (κ3) is 6.09. The van der Waals surface area contributed by atoms with Crippen molar-refractivity contribution in [1.82, 2.24) is 14.8 Å². The van der Waals surface area contributed by atoms with Crippen LogP contribution < -0.4 is 9.80 Å². The van der Waals surface area contributed by atoms with Gasteiger partial charge in [0.25, 0.3) is 0 Å². The average Bonchev–Trinajstić information content (AvgIpc) is 3.72. The van der Waals surface area contributed by atoms with Gasteiger partial charge in [0.15, 0.2) is 0 Å². The summed E-state index contributed by atoms with van der Waals surface area (Å²) in [6.07, 6.45) is 15.8. The monoisotopic (exact) mass is 541 g/mol. The largest absolute Gasteiger partial charge is 0.393 e. The standard InChI is InChI=1S/C33H43N5O2/c1-36(2)32-17-12-27(19-34-32)24-8-6-23(7-9-24)21-37(33(40)25-10-15-31(39)16-11-25)30-5-3-4-26(18-30)28-20-35-38(22-28)29-13-14-29/h3-5,12,17-20,22-25,29,31,39H,6-11,13-16,21H2,1-2H3/t23-,24-,25-,31-. The van der Waals surface area contributed by atoms with E-state index in [0.29, 0.717) is 17.9 Å². The van der Waals surface area contributed by atoms with Crippen LogP contribution >= 0.6 is 0 Å². The molecule has 0 radical (unpaired) electrons. The summed E-state index contributed by atoms with van der Waals surface area (Å²) < 4.78 is 2.08. The third-order valence-corrected chi connectivity index (χ3v) is 9.31. The number of carbonyl (C=O) groups excluding carboxylic acids is 1. The van der Waals surface area contributed by atoms with Crippen LogP contribution in [-0.4, -0.2) is 52.5 Å². The molecule has 212 valence electrons. The predicted octanol–water partition coefficient (Wildman–Crippen LogP) is 6.20. The van der Waals surface area contributed by atoms with E-state index in [0.717, 1.165) is 80.5 Å². The normalized spacial score (nSPS) is 25.0. The first-order valence-electron chi connectivity index (χ1n) is 15.2. The molecule has 0 saturated heterocycles. The van der Waals surface area contributed by atoms with Crippen LogP contribution in [-0.2, 0) is 4.79 Å². The Morgan fingerprint density at radius 2 is 1.70 bits per heavy atom. The molecular formula is C33H43N5O2. The lowest BCUT2D eigenvalue weighted by Crippen LogP contribution is -2.41. The van der Waals surface area contributed by atoms with E-state index in [1.165, 1.54) is 18.4 Å². The van der Waals surface area contributed by atoms with Crippen molar-refractivity contribution in [2.75, 3.05) is 30.4 Å². The number of rotatable bonds is 8. The van der Waals surface area contributed by atoms with Crippen LogP contribution in [0.2, 0.25) is 0 Å². The molecule has 0 atom stereocenters. The van der Waals surface area contributed by atoms with E-state index in [1.54, 1.807) is 0 Å². The summed E-state index contributed by atoms with van der Waals surface area (Å²) in [5.41, 5.74) is 4.53. The van der Waals surface area contributed by atoms with E-state index < -0.39 is 0 Å². The third-order valence-electron chi connectivity index (χ3n) is 9.31. The van der Waals surface area contributed by atoms with Crippen LogP contribution in [0.15, 0.2) is 55.0 Å². The molecule has 1 amide bonds. The second kappa shape index (κ2) is 11.7. The number of hydrogen-bond donors (Lipinski definition) is 1. The first kappa shape index (κ1) is 27.0. The van der Waals surface area contributed by atoms with Gasteiger partial charge in [0.05, 0.1) is 18.3 Å². The Morgan fingerprint density at radius 3 is 2.38 bits per heavy atom. The number of aliphatic hydroxyl groups excluding tert-OH is 1. The van der Waals surface area contributed by atoms with Crippen LogP contribution in [0.5, 0.6) is 0 Å². The van der Waals surface area contributed by atoms with Crippen molar-refractivity contribution >= 4 is 17.4 Å². The smallest absolute Gasteiger partial charge is 0.230 e. The minimum absolute atomic E-state index is 0.0118. The topological polar surface area (TPSA) is 74.5 Å². The quantitative estimate of drug-likeness (QED) is 0.367. The summed E-state index contributed by atoms with van der Waals surface area (Å²) in [7, 11) is 4.04. The number of pyridine rings is 1. The molecule has 3 aromatic rings. The number of anilines is 2. The molecular weight excluding hydrogens is 498 g/mol. The van der Waals surface area contributed by atoms with Crippen molar-refractivity contribution < 1.29 is 9.90 Å². The molecule has 0 aliphatic heterocycles. The molecule has 40 heavy (non-hydrogen) atoms. The lowest BCUT2D eigenvalue weighted by atomic mass is 9.78. The first-order chi connectivity index (χ1) is 19.4. The van der Waals surface area contributed by atoms with Crippen molar-refractivity contribution in [3.05, 3.63) is 60.6 Å². The van der Waals surface area contributed by atoms with Gasteiger partial charge in [-0.1, -0.05) is 18.2 Å². The second-order valence-corrected chi connectivity index (χ2v) is 12.5. The van der Waals surface area contributed by atoms with Gasteiger partial charge in [0, 0.05) is 50.2 Å². The zero-order valence-electron chi connectivity index (χ0n) is 24.0. The fourth-order valence-electron chi connectivity index (χ4n) is 6.59. The fraction of sp³-hybridized carbons (Fsp3) is 0.545. The molecule has 0 unspecified atom stereocenters. The highest BCUT2D eigenvalue weighted by Crippen LogP contribution is 2.39. The van der Waals surface area contributed by atoms with Gasteiger partial charge in [-0.3, -0.25) is 9.48 Å². The molecule has 6 rings (SSSR count). The van der Waals surface area contributed by atoms with Crippen molar-refractivity contribution in [3.8, 4) is 11.1 Å². The highest BCUT2D eigenvalue weighted by Gasteiger charge is 2.32. The maximum absolute atomic E-state index is 14.0. The SMILES string of the molecule is CN(C)c1ccc([C@H]2CC[C@H](CN(c3cccc(-c4cnn(C5CC5)c4)c3)C(=O)[C@H]3CC[C@H](O)CC3)CC2)cn1. The van der Waals surface area contributed by atoms with Crippen LogP contribution in [0.4, 0.5) is 11.5 Å². The zero-order valence-corrected chi connectivity index (χ0v) is 24.0. The lowest BCUT2D eigenvalue weighted by molar-refractivity contribution is -0.124. The number of carbonyl (C=O) groups is 1. The summed E-state index contributed by atoms with van der Waals surface area (Å²) in [6, 6.07) is 13.4. The molecule has 1 aromatic carbocycles. The Labute approximate surface area is 238 Å².